The normalized spacial score (nSPS) is 11.6. The standard InChI is InChI=1S/C21H23N3O3S2/c1-3-24(4-2)29(26,27)19-9-7-16(8-10-19)21(25)23-14-17-6-5-12-22-20(17)18-11-13-28-15-18/h5-13,15H,3-4,14H2,1-2H3,(H,23,25). The molecular weight excluding hydrogens is 406 g/mol. The van der Waals surface area contributed by atoms with Gasteiger partial charge in [-0.2, -0.15) is 15.6 Å². The van der Waals surface area contributed by atoms with Crippen LogP contribution in [0, 0.1) is 0 Å². The van der Waals surface area contributed by atoms with Crippen LogP contribution in [0.3, 0.4) is 0 Å². The number of sulfonamides is 1. The van der Waals surface area contributed by atoms with Crippen molar-refractivity contribution in [1.29, 1.82) is 0 Å². The Hall–Kier alpha value is -2.55. The van der Waals surface area contributed by atoms with Crippen LogP contribution in [0.2, 0.25) is 0 Å². The molecule has 1 aromatic carbocycles. The number of hydrogen-bond donors (Lipinski definition) is 1. The van der Waals surface area contributed by atoms with Crippen molar-refractivity contribution >= 4 is 27.3 Å². The van der Waals surface area contributed by atoms with Crippen LogP contribution in [0.15, 0.2) is 64.3 Å². The van der Waals surface area contributed by atoms with E-state index in [0.717, 1.165) is 16.8 Å². The summed E-state index contributed by atoms with van der Waals surface area (Å²) >= 11 is 1.59. The summed E-state index contributed by atoms with van der Waals surface area (Å²) in [6.45, 7) is 4.73. The minimum atomic E-state index is -3.54. The molecule has 6 nitrogen and oxygen atoms in total. The number of nitrogens with one attached hydrogen (secondary N) is 1. The van der Waals surface area contributed by atoms with Gasteiger partial charge in [-0.1, -0.05) is 19.9 Å². The number of thiophene rings is 1. The fraction of sp³-hybridized carbons (Fsp3) is 0.238. The number of carbonyl (C=O) groups is 1. The van der Waals surface area contributed by atoms with Gasteiger partial charge in [-0.25, -0.2) is 8.42 Å². The summed E-state index contributed by atoms with van der Waals surface area (Å²) in [6, 6.07) is 11.8. The molecule has 152 valence electrons. The second-order valence-electron chi connectivity index (χ2n) is 6.32. The highest BCUT2D eigenvalue weighted by atomic mass is 32.2. The van der Waals surface area contributed by atoms with Crippen LogP contribution in [0.1, 0.15) is 29.8 Å². The highest BCUT2D eigenvalue weighted by Gasteiger charge is 2.21. The summed E-state index contributed by atoms with van der Waals surface area (Å²) in [7, 11) is -3.54. The molecule has 0 bridgehead atoms. The van der Waals surface area contributed by atoms with Crippen molar-refractivity contribution in [2.45, 2.75) is 25.3 Å². The predicted molar refractivity (Wildman–Crippen MR) is 115 cm³/mol. The van der Waals surface area contributed by atoms with Crippen LogP contribution >= 0.6 is 11.3 Å². The van der Waals surface area contributed by atoms with Crippen LogP contribution in [-0.2, 0) is 16.6 Å². The average molecular weight is 430 g/mol. The number of aromatic nitrogens is 1. The Morgan fingerprint density at radius 2 is 1.83 bits per heavy atom. The van der Waals surface area contributed by atoms with Crippen LogP contribution in [0.4, 0.5) is 0 Å². The lowest BCUT2D eigenvalue weighted by molar-refractivity contribution is 0.0951. The zero-order valence-electron chi connectivity index (χ0n) is 16.3. The first kappa shape index (κ1) is 21.2. The maximum atomic E-state index is 12.6. The largest absolute Gasteiger partial charge is 0.348 e. The Balaban J connectivity index is 1.72. The number of pyridine rings is 1. The van der Waals surface area contributed by atoms with E-state index in [-0.39, 0.29) is 10.8 Å². The molecule has 8 heteroatoms. The molecule has 1 N–H and O–H groups in total. The lowest BCUT2D eigenvalue weighted by Crippen LogP contribution is -2.30. The third-order valence-electron chi connectivity index (χ3n) is 4.58. The van der Waals surface area contributed by atoms with Gasteiger partial charge in [0.15, 0.2) is 0 Å². The van der Waals surface area contributed by atoms with Crippen molar-refractivity contribution in [3.05, 3.63) is 70.5 Å². The van der Waals surface area contributed by atoms with Gasteiger partial charge in [0.05, 0.1) is 10.6 Å². The van der Waals surface area contributed by atoms with Gasteiger partial charge in [-0.3, -0.25) is 9.78 Å². The van der Waals surface area contributed by atoms with E-state index in [1.807, 2.05) is 29.0 Å². The van der Waals surface area contributed by atoms with Gasteiger partial charge in [0, 0.05) is 42.3 Å². The van der Waals surface area contributed by atoms with Gasteiger partial charge in [0.25, 0.3) is 5.91 Å². The van der Waals surface area contributed by atoms with Crippen molar-refractivity contribution in [3.8, 4) is 11.3 Å². The van der Waals surface area contributed by atoms with Crippen molar-refractivity contribution in [2.75, 3.05) is 13.1 Å². The lowest BCUT2D eigenvalue weighted by atomic mass is 10.1. The van der Waals surface area contributed by atoms with E-state index < -0.39 is 10.0 Å². The monoisotopic (exact) mass is 429 g/mol. The molecule has 0 radical (unpaired) electrons. The Morgan fingerprint density at radius 1 is 1.10 bits per heavy atom. The van der Waals surface area contributed by atoms with E-state index in [4.69, 9.17) is 0 Å². The number of hydrogen-bond acceptors (Lipinski definition) is 5. The van der Waals surface area contributed by atoms with Crippen LogP contribution in [0.5, 0.6) is 0 Å². The third kappa shape index (κ3) is 4.72. The molecule has 2 heterocycles. The molecule has 3 aromatic rings. The number of rotatable bonds is 8. The topological polar surface area (TPSA) is 79.4 Å². The minimum absolute atomic E-state index is 0.185. The smallest absolute Gasteiger partial charge is 0.251 e. The summed E-state index contributed by atoms with van der Waals surface area (Å²) in [5.41, 5.74) is 3.19. The molecule has 0 unspecified atom stereocenters. The number of nitrogens with zero attached hydrogens (tertiary/aromatic N) is 2. The zero-order valence-corrected chi connectivity index (χ0v) is 18.0. The van der Waals surface area contributed by atoms with Crippen LogP contribution in [-0.4, -0.2) is 36.7 Å². The maximum Gasteiger partial charge on any atom is 0.251 e. The van der Waals surface area contributed by atoms with Crippen LogP contribution in [0.25, 0.3) is 11.3 Å². The molecule has 0 spiro atoms. The summed E-state index contributed by atoms with van der Waals surface area (Å²) in [4.78, 5) is 17.1. The van der Waals surface area contributed by atoms with Gasteiger partial charge >= 0.3 is 0 Å². The first-order valence-electron chi connectivity index (χ1n) is 9.32. The maximum absolute atomic E-state index is 12.6. The van der Waals surface area contributed by atoms with E-state index in [1.54, 1.807) is 31.4 Å². The highest BCUT2D eigenvalue weighted by Crippen LogP contribution is 2.23. The van der Waals surface area contributed by atoms with E-state index in [0.29, 0.717) is 25.2 Å². The van der Waals surface area contributed by atoms with E-state index in [2.05, 4.69) is 10.3 Å². The van der Waals surface area contributed by atoms with Crippen molar-refractivity contribution in [3.63, 3.8) is 0 Å². The molecule has 1 amide bonds. The molecule has 0 fully saturated rings. The Kier molecular flexibility index (Phi) is 6.79. The second kappa shape index (κ2) is 9.30. The van der Waals surface area contributed by atoms with Gasteiger partial charge in [-0.05, 0) is 47.3 Å². The fourth-order valence-corrected chi connectivity index (χ4v) is 5.11. The SMILES string of the molecule is CCN(CC)S(=O)(=O)c1ccc(C(=O)NCc2cccnc2-c2ccsc2)cc1. The summed E-state index contributed by atoms with van der Waals surface area (Å²) in [6.07, 6.45) is 1.73. The molecule has 0 aliphatic heterocycles. The van der Waals surface area contributed by atoms with Gasteiger partial charge in [0.2, 0.25) is 10.0 Å². The number of amides is 1. The Bertz CT molecular complexity index is 1060. The molecule has 3 rings (SSSR count). The lowest BCUT2D eigenvalue weighted by Gasteiger charge is -2.18. The molecule has 0 saturated carbocycles. The highest BCUT2D eigenvalue weighted by molar-refractivity contribution is 7.89. The Morgan fingerprint density at radius 3 is 2.45 bits per heavy atom. The number of benzene rings is 1. The molecule has 0 atom stereocenters. The zero-order chi connectivity index (χ0) is 20.9. The first-order valence-corrected chi connectivity index (χ1v) is 11.7. The fourth-order valence-electron chi connectivity index (χ4n) is 3.01. The van der Waals surface area contributed by atoms with Crippen LogP contribution < -0.4 is 5.32 Å². The molecule has 0 saturated heterocycles. The average Bonchev–Trinajstić information content (AvgIpc) is 3.28. The predicted octanol–water partition coefficient (Wildman–Crippen LogP) is 3.77. The number of carbonyl (C=O) groups excluding carboxylic acids is 1. The first-order chi connectivity index (χ1) is 14.0. The molecular formula is C21H23N3O3S2. The Labute approximate surface area is 175 Å². The van der Waals surface area contributed by atoms with Crippen molar-refractivity contribution in [1.82, 2.24) is 14.6 Å². The third-order valence-corrected chi connectivity index (χ3v) is 7.33. The van der Waals surface area contributed by atoms with Gasteiger partial charge < -0.3 is 5.32 Å². The minimum Gasteiger partial charge on any atom is -0.348 e. The molecule has 0 aliphatic rings. The quantitative estimate of drug-likeness (QED) is 0.591. The second-order valence-corrected chi connectivity index (χ2v) is 9.04. The molecule has 2 aromatic heterocycles. The van der Waals surface area contributed by atoms with Crippen molar-refractivity contribution < 1.29 is 13.2 Å². The summed E-state index contributed by atoms with van der Waals surface area (Å²) < 4.78 is 26.5. The van der Waals surface area contributed by atoms with E-state index >= 15 is 0 Å². The van der Waals surface area contributed by atoms with E-state index in [9.17, 15) is 13.2 Å². The van der Waals surface area contributed by atoms with Gasteiger partial charge in [-0.15, -0.1) is 0 Å². The summed E-state index contributed by atoms with van der Waals surface area (Å²) in [5, 5.41) is 6.89. The molecule has 29 heavy (non-hydrogen) atoms. The summed E-state index contributed by atoms with van der Waals surface area (Å²) in [5.74, 6) is -0.267. The van der Waals surface area contributed by atoms with Crippen molar-refractivity contribution in [2.24, 2.45) is 0 Å². The molecule has 0 aliphatic carbocycles. The van der Waals surface area contributed by atoms with Gasteiger partial charge in [0.1, 0.15) is 0 Å². The van der Waals surface area contributed by atoms with E-state index in [1.165, 1.54) is 28.6 Å².